The van der Waals surface area contributed by atoms with E-state index < -0.39 is 0 Å². The van der Waals surface area contributed by atoms with Crippen LogP contribution in [-0.4, -0.2) is 11.4 Å². The van der Waals surface area contributed by atoms with Crippen LogP contribution in [0.4, 0.5) is 22.7 Å². The van der Waals surface area contributed by atoms with Crippen molar-refractivity contribution < 1.29 is 34.1 Å². The summed E-state index contributed by atoms with van der Waals surface area (Å²) < 4.78 is 0. The van der Waals surface area contributed by atoms with E-state index in [9.17, 15) is 0 Å². The Morgan fingerprint density at radius 1 is 0.338 bits per heavy atom. The maximum absolute atomic E-state index is 6.69. The summed E-state index contributed by atoms with van der Waals surface area (Å²) in [6, 6.07) is 45.0. The van der Waals surface area contributed by atoms with Crippen LogP contribution in [0.25, 0.3) is 10.6 Å². The zero-order chi connectivity index (χ0) is 58.2. The fourth-order valence-electron chi connectivity index (χ4n) is 9.05. The number of rotatable bonds is 16. The van der Waals surface area contributed by atoms with Gasteiger partial charge in [0.1, 0.15) is 0 Å². The molecule has 0 aliphatic rings. The van der Waals surface area contributed by atoms with Crippen LogP contribution in [0, 0.1) is 24.7 Å². The van der Waals surface area contributed by atoms with Gasteiger partial charge in [0.15, 0.2) is 0 Å². The second kappa shape index (κ2) is 36.3. The fourth-order valence-corrected chi connectivity index (χ4v) is 9.05. The molecular formula is C74H92Mn2N4. The Morgan fingerprint density at radius 2 is 0.550 bits per heavy atom. The zero-order valence-corrected chi connectivity index (χ0v) is 54.4. The van der Waals surface area contributed by atoms with Gasteiger partial charge in [0, 0.05) is 11.4 Å². The number of benzene rings is 6. The van der Waals surface area contributed by atoms with E-state index in [4.69, 9.17) is 33.5 Å². The van der Waals surface area contributed by atoms with Gasteiger partial charge in [-0.25, -0.2) is 0 Å². The van der Waals surface area contributed by atoms with Gasteiger partial charge < -0.3 is 23.5 Å². The van der Waals surface area contributed by atoms with E-state index in [2.05, 4.69) is 235 Å². The predicted molar refractivity (Wildman–Crippen MR) is 343 cm³/mol. The van der Waals surface area contributed by atoms with Crippen LogP contribution in [0.3, 0.4) is 0 Å². The summed E-state index contributed by atoms with van der Waals surface area (Å²) in [4.78, 5) is 10.2. The van der Waals surface area contributed by atoms with E-state index in [1.54, 1.807) is 0 Å². The van der Waals surface area contributed by atoms with Crippen LogP contribution >= 0.6 is 0 Å². The Bertz CT molecular complexity index is 2710. The van der Waals surface area contributed by atoms with E-state index in [-0.39, 0.29) is 34.1 Å². The monoisotopic (exact) mass is 1150 g/mol. The Hall–Kier alpha value is -6.10. The van der Waals surface area contributed by atoms with Gasteiger partial charge in [-0.1, -0.05) is 268 Å². The standard InChI is InChI=1S/2C29H41N2.2C8H5.2Mn/c2*1-18(2)24-13-11-14-25(19(3)4)28(24)30-22(9)17-23(10)31-29-26(20(5)6)15-12-16-27(29)21(7)8;2*1-2-8-6-4-3-5-7-8;;/h2*11-21H,1-10H3;2*3-7H;;/q4*-1;2*+2/b2*22-17-,31-23?;;;;. The molecular weight excluding hydrogens is 1050 g/mol. The predicted octanol–water partition coefficient (Wildman–Crippen LogP) is 23.0. The summed E-state index contributed by atoms with van der Waals surface area (Å²) in [5.41, 5.74) is 20.6. The molecule has 0 saturated heterocycles. The molecule has 0 amide bonds. The molecule has 80 heavy (non-hydrogen) atoms. The van der Waals surface area contributed by atoms with Gasteiger partial charge >= 0.3 is 34.1 Å². The van der Waals surface area contributed by atoms with Crippen LogP contribution in [0.15, 0.2) is 167 Å². The van der Waals surface area contributed by atoms with Crippen LogP contribution in [0.1, 0.15) is 241 Å². The quantitative estimate of drug-likeness (QED) is 0.0401. The largest absolute Gasteiger partial charge is 2.00 e. The third-order valence-corrected chi connectivity index (χ3v) is 13.2. The number of allylic oxidation sites excluding steroid dienone is 4. The maximum Gasteiger partial charge on any atom is 2.00 e. The van der Waals surface area contributed by atoms with Gasteiger partial charge in [-0.15, -0.1) is 46.8 Å². The molecule has 422 valence electrons. The molecule has 0 fully saturated rings. The fraction of sp³-hybridized carbons (Fsp3) is 0.378. The molecule has 0 bridgehead atoms. The van der Waals surface area contributed by atoms with Crippen molar-refractivity contribution in [2.24, 2.45) is 9.98 Å². The SMILES string of the molecule is CC(/C=C(/C)[N-]c1c(C(C)C)cccc1C(C)C)=Nc1c(C(C)C)cccc1C(C)C.CC(/C=C(/C)[N-]c1c(C(C)C)cccc1C(C)C)=Nc1c(C(C)C)cccc1C(C)C.[C-]#Cc1ccccc1.[C-]#Cc1ccccc1.[Mn+2].[Mn+2]. The molecule has 6 aromatic rings. The number of hydrogen-bond acceptors (Lipinski definition) is 2. The molecule has 0 heterocycles. The maximum atomic E-state index is 6.69. The molecule has 0 aliphatic carbocycles. The first kappa shape index (κ1) is 71.9. The molecule has 0 saturated carbocycles. The number of para-hydroxylation sites is 4. The Balaban J connectivity index is 0.000000611. The third-order valence-electron chi connectivity index (χ3n) is 13.2. The van der Waals surface area contributed by atoms with E-state index in [1.807, 2.05) is 60.7 Å². The molecule has 0 aromatic heterocycles. The van der Waals surface area contributed by atoms with Crippen molar-refractivity contribution >= 4 is 34.2 Å². The molecule has 4 nitrogen and oxygen atoms in total. The van der Waals surface area contributed by atoms with Gasteiger partial charge in [-0.05, 0) is 83.4 Å². The molecule has 6 aromatic carbocycles. The zero-order valence-electron chi connectivity index (χ0n) is 52.0. The van der Waals surface area contributed by atoms with Crippen molar-refractivity contribution in [3.05, 3.63) is 236 Å². The topological polar surface area (TPSA) is 52.9 Å². The Kier molecular flexibility index (Phi) is 32.6. The van der Waals surface area contributed by atoms with Gasteiger partial charge in [0.25, 0.3) is 0 Å². The van der Waals surface area contributed by atoms with Crippen molar-refractivity contribution in [2.75, 3.05) is 0 Å². The summed E-state index contributed by atoms with van der Waals surface area (Å²) in [6.07, 6.45) is 17.6. The van der Waals surface area contributed by atoms with Crippen molar-refractivity contribution in [2.45, 2.75) is 186 Å². The van der Waals surface area contributed by atoms with Crippen molar-refractivity contribution in [3.63, 3.8) is 0 Å². The number of nitrogens with zero attached hydrogens (tertiary/aromatic N) is 4. The normalized spacial score (nSPS) is 11.7. The summed E-state index contributed by atoms with van der Waals surface area (Å²) in [6.45, 7) is 44.1. The summed E-state index contributed by atoms with van der Waals surface area (Å²) >= 11 is 0. The van der Waals surface area contributed by atoms with E-state index in [0.717, 1.165) is 56.7 Å². The molecule has 6 heteroatoms. The molecule has 0 spiro atoms. The molecule has 6 rings (SSSR count). The molecule has 0 aliphatic heterocycles. The molecule has 2 radical (unpaired) electrons. The average molecular weight is 1150 g/mol. The van der Waals surface area contributed by atoms with Gasteiger partial charge in [-0.2, -0.15) is 11.4 Å². The molecule has 0 unspecified atom stereocenters. The third kappa shape index (κ3) is 22.8. The average Bonchev–Trinajstić information content (AvgIpc) is 3.39. The smallest absolute Gasteiger partial charge is 0.661 e. The summed E-state index contributed by atoms with van der Waals surface area (Å²) in [5.74, 6) is 8.05. The van der Waals surface area contributed by atoms with Gasteiger partial charge in [0.05, 0.1) is 11.4 Å². The number of aliphatic imine (C=N–C) groups is 2. The van der Waals surface area contributed by atoms with E-state index in [0.29, 0.717) is 47.3 Å². The summed E-state index contributed by atoms with van der Waals surface area (Å²) in [5, 5.41) is 10.2. The van der Waals surface area contributed by atoms with Crippen molar-refractivity contribution in [1.29, 1.82) is 0 Å². The first-order chi connectivity index (χ1) is 36.9. The van der Waals surface area contributed by atoms with Gasteiger partial charge in [0.2, 0.25) is 0 Å². The van der Waals surface area contributed by atoms with Crippen LogP contribution in [0.5, 0.6) is 0 Å². The second-order valence-corrected chi connectivity index (χ2v) is 22.7. The van der Waals surface area contributed by atoms with E-state index >= 15 is 0 Å². The van der Waals surface area contributed by atoms with Crippen LogP contribution in [0.2, 0.25) is 0 Å². The van der Waals surface area contributed by atoms with E-state index in [1.165, 1.54) is 44.5 Å². The minimum absolute atomic E-state index is 0. The van der Waals surface area contributed by atoms with Crippen LogP contribution < -0.4 is 0 Å². The van der Waals surface area contributed by atoms with Crippen molar-refractivity contribution in [3.8, 4) is 11.8 Å². The minimum atomic E-state index is 0. The second-order valence-electron chi connectivity index (χ2n) is 22.7. The van der Waals surface area contributed by atoms with Crippen molar-refractivity contribution in [1.82, 2.24) is 0 Å². The first-order valence-corrected chi connectivity index (χ1v) is 28.3. The molecule has 0 atom stereocenters. The van der Waals surface area contributed by atoms with Crippen LogP contribution in [-0.2, 0) is 34.1 Å². The molecule has 0 N–H and O–H groups in total. The number of hydrogen-bond donors (Lipinski definition) is 0. The first-order valence-electron chi connectivity index (χ1n) is 28.3. The minimum Gasteiger partial charge on any atom is -0.661 e. The van der Waals surface area contributed by atoms with Gasteiger partial charge in [-0.3, -0.25) is 21.8 Å². The summed E-state index contributed by atoms with van der Waals surface area (Å²) in [7, 11) is 0. The Labute approximate surface area is 508 Å². The Morgan fingerprint density at radius 3 is 0.738 bits per heavy atom.